The maximum atomic E-state index is 11.8. The molecule has 0 aromatic rings. The normalized spacial score (nSPS) is 34.7. The van der Waals surface area contributed by atoms with E-state index in [1.807, 2.05) is 25.7 Å². The van der Waals surface area contributed by atoms with Crippen molar-refractivity contribution in [3.8, 4) is 0 Å². The van der Waals surface area contributed by atoms with Gasteiger partial charge in [-0.1, -0.05) is 0 Å². The van der Waals surface area contributed by atoms with Gasteiger partial charge in [-0.2, -0.15) is 0 Å². The Hall–Kier alpha value is -0.770. The van der Waals surface area contributed by atoms with Crippen LogP contribution in [0.4, 0.5) is 4.79 Å². The van der Waals surface area contributed by atoms with Crippen molar-refractivity contribution in [3.63, 3.8) is 0 Å². The molecule has 2 rings (SSSR count). The zero-order valence-electron chi connectivity index (χ0n) is 9.69. The number of carbonyl (C=O) groups excluding carboxylic acids is 1. The summed E-state index contributed by atoms with van der Waals surface area (Å²) < 4.78 is 5.35. The number of piperidine rings is 1. The summed E-state index contributed by atoms with van der Waals surface area (Å²) in [6.07, 6.45) is 1.91. The number of likely N-dealkylation sites (tertiary alicyclic amines) is 1. The number of nitrogens with zero attached hydrogens (tertiary/aromatic N) is 1. The molecule has 2 fully saturated rings. The molecule has 0 unspecified atom stereocenters. The van der Waals surface area contributed by atoms with E-state index >= 15 is 0 Å². The Labute approximate surface area is 90.8 Å². The van der Waals surface area contributed by atoms with Crippen LogP contribution in [0.2, 0.25) is 0 Å². The van der Waals surface area contributed by atoms with Gasteiger partial charge in [0.15, 0.2) is 0 Å². The maximum Gasteiger partial charge on any atom is 0.410 e. The molecule has 0 aromatic heterocycles. The van der Waals surface area contributed by atoms with Crippen molar-refractivity contribution in [1.29, 1.82) is 0 Å². The maximum absolute atomic E-state index is 11.8. The number of hydrogen-bond acceptors (Lipinski definition) is 3. The summed E-state index contributed by atoms with van der Waals surface area (Å²) in [6, 6.07) is 0.362. The van der Waals surface area contributed by atoms with Crippen LogP contribution in [0, 0.1) is 5.92 Å². The quantitative estimate of drug-likeness (QED) is 0.659. The van der Waals surface area contributed by atoms with Gasteiger partial charge in [0.1, 0.15) is 5.60 Å². The first-order valence-corrected chi connectivity index (χ1v) is 5.62. The number of amides is 1. The largest absolute Gasteiger partial charge is 0.444 e. The average Bonchev–Trinajstić information content (AvgIpc) is 2.58. The van der Waals surface area contributed by atoms with Crippen LogP contribution in [-0.2, 0) is 4.74 Å². The standard InChI is InChI=1S/C11H20N2O2/c1-11(2,3)15-10(14)13-6-7-4-8(12)9(13)5-7/h7-9H,4-6,12H2,1-3H3/t7-,8-,9-/m1/s1. The van der Waals surface area contributed by atoms with Gasteiger partial charge in [0.2, 0.25) is 0 Å². The Morgan fingerprint density at radius 3 is 2.53 bits per heavy atom. The molecular formula is C11H20N2O2. The summed E-state index contributed by atoms with van der Waals surface area (Å²) in [7, 11) is 0. The van der Waals surface area contributed by atoms with Crippen LogP contribution in [0.25, 0.3) is 0 Å². The van der Waals surface area contributed by atoms with Crippen molar-refractivity contribution in [2.45, 2.75) is 51.3 Å². The zero-order chi connectivity index (χ0) is 11.2. The van der Waals surface area contributed by atoms with Crippen LogP contribution >= 0.6 is 0 Å². The summed E-state index contributed by atoms with van der Waals surface area (Å²) in [5, 5.41) is 0. The summed E-state index contributed by atoms with van der Waals surface area (Å²) in [5.74, 6) is 0.595. The Kier molecular flexibility index (Phi) is 2.41. The molecule has 1 aliphatic heterocycles. The van der Waals surface area contributed by atoms with Crippen molar-refractivity contribution >= 4 is 6.09 Å². The number of hydrogen-bond donors (Lipinski definition) is 1. The van der Waals surface area contributed by atoms with Gasteiger partial charge in [0.05, 0.1) is 6.04 Å². The van der Waals surface area contributed by atoms with Crippen LogP contribution in [0.5, 0.6) is 0 Å². The van der Waals surface area contributed by atoms with Crippen molar-refractivity contribution in [2.24, 2.45) is 11.7 Å². The van der Waals surface area contributed by atoms with Gasteiger partial charge in [-0.15, -0.1) is 0 Å². The third kappa shape index (κ3) is 2.09. The van der Waals surface area contributed by atoms with E-state index in [1.54, 1.807) is 0 Å². The minimum absolute atomic E-state index is 0.149. The number of rotatable bonds is 0. The van der Waals surface area contributed by atoms with E-state index in [9.17, 15) is 4.79 Å². The Morgan fingerprint density at radius 2 is 2.07 bits per heavy atom. The highest BCUT2D eigenvalue weighted by atomic mass is 16.6. The predicted octanol–water partition coefficient (Wildman–Crippen LogP) is 1.34. The molecule has 0 aromatic carbocycles. The molecule has 2 N–H and O–H groups in total. The van der Waals surface area contributed by atoms with Crippen molar-refractivity contribution in [3.05, 3.63) is 0 Å². The topological polar surface area (TPSA) is 55.6 Å². The average molecular weight is 212 g/mol. The van der Waals surface area contributed by atoms with Crippen molar-refractivity contribution < 1.29 is 9.53 Å². The summed E-state index contributed by atoms with van der Waals surface area (Å²) in [5.41, 5.74) is 5.55. The molecule has 2 bridgehead atoms. The molecule has 1 saturated heterocycles. The molecule has 1 saturated carbocycles. The molecular weight excluding hydrogens is 192 g/mol. The lowest BCUT2D eigenvalue weighted by Gasteiger charge is -2.33. The lowest BCUT2D eigenvalue weighted by Crippen LogP contribution is -2.49. The summed E-state index contributed by atoms with van der Waals surface area (Å²) in [4.78, 5) is 13.7. The van der Waals surface area contributed by atoms with E-state index in [1.165, 1.54) is 0 Å². The molecule has 15 heavy (non-hydrogen) atoms. The molecule has 4 nitrogen and oxygen atoms in total. The fourth-order valence-electron chi connectivity index (χ4n) is 2.61. The van der Waals surface area contributed by atoms with E-state index in [0.29, 0.717) is 5.92 Å². The van der Waals surface area contributed by atoms with E-state index < -0.39 is 5.60 Å². The number of fused-ring (bicyclic) bond motifs is 2. The minimum atomic E-state index is -0.414. The van der Waals surface area contributed by atoms with Gasteiger partial charge in [-0.05, 0) is 39.5 Å². The van der Waals surface area contributed by atoms with Crippen LogP contribution in [-0.4, -0.2) is 35.2 Å². The molecule has 3 atom stereocenters. The number of nitrogens with two attached hydrogens (primary N) is 1. The molecule has 4 heteroatoms. The number of ether oxygens (including phenoxy) is 1. The molecule has 0 radical (unpaired) electrons. The van der Waals surface area contributed by atoms with E-state index in [-0.39, 0.29) is 18.2 Å². The van der Waals surface area contributed by atoms with Gasteiger partial charge in [-0.3, -0.25) is 0 Å². The van der Waals surface area contributed by atoms with Gasteiger partial charge < -0.3 is 15.4 Å². The molecule has 2 aliphatic rings. The lowest BCUT2D eigenvalue weighted by atomic mass is 10.1. The highest BCUT2D eigenvalue weighted by Gasteiger charge is 2.46. The first-order chi connectivity index (χ1) is 6.87. The van der Waals surface area contributed by atoms with Gasteiger partial charge in [0.25, 0.3) is 0 Å². The van der Waals surface area contributed by atoms with Crippen molar-refractivity contribution in [1.82, 2.24) is 4.90 Å². The SMILES string of the molecule is CC(C)(C)OC(=O)N1C[C@@H]2C[C@@H](N)[C@H]1C2. The Bertz CT molecular complexity index is 272. The van der Waals surface area contributed by atoms with Crippen LogP contribution < -0.4 is 5.73 Å². The van der Waals surface area contributed by atoms with E-state index in [4.69, 9.17) is 10.5 Å². The molecule has 1 aliphatic carbocycles. The molecule has 0 spiro atoms. The highest BCUT2D eigenvalue weighted by Crippen LogP contribution is 2.37. The summed E-state index contributed by atoms with van der Waals surface area (Å²) >= 11 is 0. The van der Waals surface area contributed by atoms with Gasteiger partial charge in [0, 0.05) is 12.6 Å². The van der Waals surface area contributed by atoms with Gasteiger partial charge in [-0.25, -0.2) is 4.79 Å². The first kappa shape index (κ1) is 10.7. The third-order valence-corrected chi connectivity index (χ3v) is 3.16. The first-order valence-electron chi connectivity index (χ1n) is 5.62. The monoisotopic (exact) mass is 212 g/mol. The van der Waals surface area contributed by atoms with Crippen LogP contribution in [0.3, 0.4) is 0 Å². The van der Waals surface area contributed by atoms with Crippen molar-refractivity contribution in [2.75, 3.05) is 6.54 Å². The smallest absolute Gasteiger partial charge is 0.410 e. The molecule has 1 amide bonds. The van der Waals surface area contributed by atoms with E-state index in [2.05, 4.69) is 0 Å². The Balaban J connectivity index is 1.98. The van der Waals surface area contributed by atoms with Gasteiger partial charge >= 0.3 is 6.09 Å². The zero-order valence-corrected chi connectivity index (χ0v) is 9.69. The third-order valence-electron chi connectivity index (χ3n) is 3.16. The predicted molar refractivity (Wildman–Crippen MR) is 57.4 cm³/mol. The van der Waals surface area contributed by atoms with Crippen LogP contribution in [0.1, 0.15) is 33.6 Å². The minimum Gasteiger partial charge on any atom is -0.444 e. The van der Waals surface area contributed by atoms with E-state index in [0.717, 1.165) is 19.4 Å². The second kappa shape index (κ2) is 3.37. The second-order valence-corrected chi connectivity index (χ2v) is 5.70. The summed E-state index contributed by atoms with van der Waals surface area (Å²) in [6.45, 7) is 6.49. The number of carbonyl (C=O) groups is 1. The fourth-order valence-corrected chi connectivity index (χ4v) is 2.61. The second-order valence-electron chi connectivity index (χ2n) is 5.70. The fraction of sp³-hybridized carbons (Fsp3) is 0.909. The Morgan fingerprint density at radius 1 is 1.40 bits per heavy atom. The lowest BCUT2D eigenvalue weighted by molar-refractivity contribution is 0.0172. The molecule has 86 valence electrons. The molecule has 1 heterocycles. The van der Waals surface area contributed by atoms with Crippen LogP contribution in [0.15, 0.2) is 0 Å². The highest BCUT2D eigenvalue weighted by molar-refractivity contribution is 5.69.